The van der Waals surface area contributed by atoms with E-state index < -0.39 is 23.8 Å². The number of rotatable bonds is 10. The van der Waals surface area contributed by atoms with E-state index in [1.165, 1.54) is 7.11 Å². The van der Waals surface area contributed by atoms with E-state index in [9.17, 15) is 14.7 Å². The van der Waals surface area contributed by atoms with Crippen LogP contribution in [0.15, 0.2) is 42.5 Å². The Bertz CT molecular complexity index is 851. The van der Waals surface area contributed by atoms with Crippen molar-refractivity contribution in [1.82, 2.24) is 5.32 Å². The molecule has 0 spiro atoms. The number of carboxylic acid groups (broad SMARTS) is 1. The molecule has 7 nitrogen and oxygen atoms in total. The van der Waals surface area contributed by atoms with Gasteiger partial charge in [-0.1, -0.05) is 12.1 Å². The van der Waals surface area contributed by atoms with Gasteiger partial charge < -0.3 is 24.6 Å². The number of carbonyl (C=O) groups is 2. The van der Waals surface area contributed by atoms with Gasteiger partial charge in [-0.05, 0) is 56.7 Å². The van der Waals surface area contributed by atoms with Crippen LogP contribution in [0.4, 0.5) is 0 Å². The molecule has 0 aliphatic rings. The minimum atomic E-state index is -1.02. The third-order valence-corrected chi connectivity index (χ3v) is 4.43. The second-order valence-corrected chi connectivity index (χ2v) is 6.38. The Morgan fingerprint density at radius 2 is 1.72 bits per heavy atom. The van der Waals surface area contributed by atoms with Gasteiger partial charge in [-0.15, -0.1) is 0 Å². The molecule has 0 bridgehead atoms. The van der Waals surface area contributed by atoms with E-state index in [4.69, 9.17) is 14.2 Å². The van der Waals surface area contributed by atoms with Gasteiger partial charge >= 0.3 is 5.97 Å². The van der Waals surface area contributed by atoms with E-state index in [0.29, 0.717) is 41.6 Å². The lowest BCUT2D eigenvalue weighted by Gasteiger charge is -2.24. The summed E-state index contributed by atoms with van der Waals surface area (Å²) in [6, 6.07) is 11.1. The van der Waals surface area contributed by atoms with E-state index in [0.717, 1.165) is 0 Å². The maximum atomic E-state index is 12.8. The van der Waals surface area contributed by atoms with Gasteiger partial charge in [0.25, 0.3) is 5.91 Å². The molecule has 2 aromatic carbocycles. The van der Waals surface area contributed by atoms with Crippen LogP contribution >= 0.6 is 0 Å². The van der Waals surface area contributed by atoms with Crippen LogP contribution in [0.25, 0.3) is 0 Å². The number of aliphatic carboxylic acids is 1. The topological polar surface area (TPSA) is 94.1 Å². The quantitative estimate of drug-likeness (QED) is 0.631. The summed E-state index contributed by atoms with van der Waals surface area (Å²) < 4.78 is 16.4. The second kappa shape index (κ2) is 10.4. The first-order valence-electron chi connectivity index (χ1n) is 9.48. The molecule has 0 aliphatic heterocycles. The normalized spacial score (nSPS) is 12.6. The standard InChI is InChI=1S/C22H27NO6/c1-5-28-18-11-10-15(13-19(18)29-6-2)20(14(3)22(25)26)23-21(24)16-8-7-9-17(12-16)27-4/h7-14,20H,5-6H2,1-4H3,(H,23,24)(H,25,26). The largest absolute Gasteiger partial charge is 0.497 e. The monoisotopic (exact) mass is 401 g/mol. The molecule has 2 N–H and O–H groups in total. The molecule has 29 heavy (non-hydrogen) atoms. The highest BCUT2D eigenvalue weighted by molar-refractivity contribution is 5.95. The predicted octanol–water partition coefficient (Wildman–Crippen LogP) is 3.68. The Kier molecular flexibility index (Phi) is 7.88. The second-order valence-electron chi connectivity index (χ2n) is 6.38. The molecule has 2 unspecified atom stereocenters. The van der Waals surface area contributed by atoms with Gasteiger partial charge in [0.15, 0.2) is 11.5 Å². The molecule has 0 radical (unpaired) electrons. The highest BCUT2D eigenvalue weighted by Gasteiger charge is 2.28. The maximum Gasteiger partial charge on any atom is 0.308 e. The maximum absolute atomic E-state index is 12.8. The van der Waals surface area contributed by atoms with Crippen molar-refractivity contribution in [2.45, 2.75) is 26.8 Å². The Hall–Kier alpha value is -3.22. The van der Waals surface area contributed by atoms with Gasteiger partial charge in [0.05, 0.1) is 32.3 Å². The molecule has 2 rings (SSSR count). The third kappa shape index (κ3) is 5.63. The van der Waals surface area contributed by atoms with Crippen molar-refractivity contribution in [3.8, 4) is 17.2 Å². The fourth-order valence-corrected chi connectivity index (χ4v) is 2.89. The highest BCUT2D eigenvalue weighted by atomic mass is 16.5. The summed E-state index contributed by atoms with van der Waals surface area (Å²) in [7, 11) is 1.52. The number of benzene rings is 2. The van der Waals surface area contributed by atoms with E-state index in [2.05, 4.69) is 5.32 Å². The SMILES string of the molecule is CCOc1ccc(C(NC(=O)c2cccc(OC)c2)C(C)C(=O)O)cc1OCC. The summed E-state index contributed by atoms with van der Waals surface area (Å²) in [4.78, 5) is 24.5. The zero-order valence-electron chi connectivity index (χ0n) is 17.1. The van der Waals surface area contributed by atoms with Gasteiger partial charge in [0.1, 0.15) is 5.75 Å². The van der Waals surface area contributed by atoms with E-state index in [1.54, 1.807) is 49.4 Å². The van der Waals surface area contributed by atoms with Gasteiger partial charge in [-0.3, -0.25) is 9.59 Å². The summed E-state index contributed by atoms with van der Waals surface area (Å²) in [5.41, 5.74) is 0.992. The fraction of sp³-hybridized carbons (Fsp3) is 0.364. The summed E-state index contributed by atoms with van der Waals surface area (Å²) in [6.45, 7) is 6.17. The molecule has 0 fully saturated rings. The number of carbonyl (C=O) groups excluding carboxylic acids is 1. The molecule has 0 aromatic heterocycles. The number of hydrogen-bond acceptors (Lipinski definition) is 5. The first kappa shape index (κ1) is 22.1. The molecule has 7 heteroatoms. The van der Waals surface area contributed by atoms with Crippen molar-refractivity contribution in [2.24, 2.45) is 5.92 Å². The summed E-state index contributed by atoms with van der Waals surface area (Å²) >= 11 is 0. The summed E-state index contributed by atoms with van der Waals surface area (Å²) in [5, 5.41) is 12.4. The molecule has 0 aliphatic carbocycles. The average molecular weight is 401 g/mol. The molecule has 1 amide bonds. The fourth-order valence-electron chi connectivity index (χ4n) is 2.89. The Labute approximate surface area is 170 Å². The molecule has 156 valence electrons. The van der Waals surface area contributed by atoms with Gasteiger partial charge in [0.2, 0.25) is 0 Å². The van der Waals surface area contributed by atoms with Crippen molar-refractivity contribution in [2.75, 3.05) is 20.3 Å². The molecule has 0 saturated carbocycles. The third-order valence-electron chi connectivity index (χ3n) is 4.43. The van der Waals surface area contributed by atoms with Crippen LogP contribution in [0.3, 0.4) is 0 Å². The van der Waals surface area contributed by atoms with E-state index in [1.807, 2.05) is 13.8 Å². The van der Waals surface area contributed by atoms with Crippen molar-refractivity contribution in [3.63, 3.8) is 0 Å². The van der Waals surface area contributed by atoms with Gasteiger partial charge in [-0.2, -0.15) is 0 Å². The van der Waals surface area contributed by atoms with Crippen LogP contribution in [0.5, 0.6) is 17.2 Å². The molecular formula is C22H27NO6. The van der Waals surface area contributed by atoms with Gasteiger partial charge in [-0.25, -0.2) is 0 Å². The molecule has 2 atom stereocenters. The number of carboxylic acids is 1. The van der Waals surface area contributed by atoms with Crippen LogP contribution in [-0.4, -0.2) is 37.3 Å². The Morgan fingerprint density at radius 3 is 2.34 bits per heavy atom. The van der Waals surface area contributed by atoms with Crippen molar-refractivity contribution < 1.29 is 28.9 Å². The Balaban J connectivity index is 2.38. The van der Waals surface area contributed by atoms with Crippen LogP contribution in [0, 0.1) is 5.92 Å². The number of nitrogens with one attached hydrogen (secondary N) is 1. The zero-order valence-corrected chi connectivity index (χ0v) is 17.1. The van der Waals surface area contributed by atoms with E-state index in [-0.39, 0.29) is 0 Å². The average Bonchev–Trinajstić information content (AvgIpc) is 2.73. The first-order chi connectivity index (χ1) is 13.9. The molecule has 2 aromatic rings. The first-order valence-corrected chi connectivity index (χ1v) is 9.48. The van der Waals surface area contributed by atoms with Crippen molar-refractivity contribution in [1.29, 1.82) is 0 Å². The number of methoxy groups -OCH3 is 1. The van der Waals surface area contributed by atoms with Crippen LogP contribution in [-0.2, 0) is 4.79 Å². The van der Waals surface area contributed by atoms with Crippen LogP contribution in [0.1, 0.15) is 42.7 Å². The minimum absolute atomic E-state index is 0.378. The highest BCUT2D eigenvalue weighted by Crippen LogP contribution is 2.33. The predicted molar refractivity (Wildman–Crippen MR) is 109 cm³/mol. The summed E-state index contributed by atoms with van der Waals surface area (Å²) in [6.07, 6.45) is 0. The molecule has 0 saturated heterocycles. The minimum Gasteiger partial charge on any atom is -0.497 e. The lowest BCUT2D eigenvalue weighted by molar-refractivity contribution is -0.142. The molecular weight excluding hydrogens is 374 g/mol. The van der Waals surface area contributed by atoms with Crippen LogP contribution in [0.2, 0.25) is 0 Å². The summed E-state index contributed by atoms with van der Waals surface area (Å²) in [5.74, 6) is -0.664. The van der Waals surface area contributed by atoms with Crippen LogP contribution < -0.4 is 19.5 Å². The lowest BCUT2D eigenvalue weighted by Crippen LogP contribution is -2.35. The zero-order chi connectivity index (χ0) is 21.4. The smallest absolute Gasteiger partial charge is 0.308 e. The number of hydrogen-bond donors (Lipinski definition) is 2. The molecule has 0 heterocycles. The lowest BCUT2D eigenvalue weighted by atomic mass is 9.93. The van der Waals surface area contributed by atoms with Gasteiger partial charge in [0, 0.05) is 5.56 Å². The van der Waals surface area contributed by atoms with Crippen molar-refractivity contribution >= 4 is 11.9 Å². The number of amides is 1. The Morgan fingerprint density at radius 1 is 1.03 bits per heavy atom. The van der Waals surface area contributed by atoms with Crippen molar-refractivity contribution in [3.05, 3.63) is 53.6 Å². The number of ether oxygens (including phenoxy) is 3. The van der Waals surface area contributed by atoms with E-state index >= 15 is 0 Å².